The Balaban J connectivity index is 1.63. The number of benzene rings is 4. The highest BCUT2D eigenvalue weighted by molar-refractivity contribution is 5.26. The van der Waals surface area contributed by atoms with E-state index < -0.39 is 0 Å². The topological polar surface area (TPSA) is 18.5 Å². The summed E-state index contributed by atoms with van der Waals surface area (Å²) in [4.78, 5) is 0. The molecule has 0 fully saturated rings. The second-order valence-corrected chi connectivity index (χ2v) is 7.26. The third kappa shape index (κ3) is 5.44. The molecule has 0 aliphatic heterocycles. The van der Waals surface area contributed by atoms with Gasteiger partial charge in [-0.25, -0.2) is 0 Å². The van der Waals surface area contributed by atoms with Gasteiger partial charge in [0, 0.05) is 0 Å². The van der Waals surface area contributed by atoms with Crippen molar-refractivity contribution >= 4 is 0 Å². The van der Waals surface area contributed by atoms with Crippen LogP contribution in [0.5, 0.6) is 0 Å². The first-order valence-corrected chi connectivity index (χ1v) is 10.3. The Morgan fingerprint density at radius 3 is 1.03 bits per heavy atom. The van der Waals surface area contributed by atoms with E-state index in [1.807, 2.05) is 72.8 Å². The van der Waals surface area contributed by atoms with Gasteiger partial charge in [0.15, 0.2) is 0 Å². The molecule has 0 saturated heterocycles. The van der Waals surface area contributed by atoms with Crippen LogP contribution in [-0.4, -0.2) is 0 Å². The van der Waals surface area contributed by atoms with E-state index in [2.05, 4.69) is 48.5 Å². The van der Waals surface area contributed by atoms with Crippen molar-refractivity contribution in [1.29, 1.82) is 0 Å². The van der Waals surface area contributed by atoms with Gasteiger partial charge in [-0.05, 0) is 22.3 Å². The number of hydrogen-bond donors (Lipinski definition) is 0. The molecule has 30 heavy (non-hydrogen) atoms. The molecule has 4 rings (SSSR count). The second kappa shape index (κ2) is 10.5. The van der Waals surface area contributed by atoms with E-state index >= 15 is 0 Å². The van der Waals surface area contributed by atoms with Gasteiger partial charge >= 0.3 is 0 Å². The van der Waals surface area contributed by atoms with E-state index in [0.717, 1.165) is 22.3 Å². The molecule has 0 spiro atoms. The summed E-state index contributed by atoms with van der Waals surface area (Å²) in [6.45, 7) is 1.05. The van der Waals surface area contributed by atoms with Crippen molar-refractivity contribution in [3.63, 3.8) is 0 Å². The van der Waals surface area contributed by atoms with Crippen molar-refractivity contribution in [2.75, 3.05) is 0 Å². The minimum Gasteiger partial charge on any atom is -0.366 e. The molecule has 0 amide bonds. The van der Waals surface area contributed by atoms with Crippen LogP contribution in [0.15, 0.2) is 121 Å². The van der Waals surface area contributed by atoms with E-state index in [1.165, 1.54) is 0 Å². The average molecular weight is 395 g/mol. The van der Waals surface area contributed by atoms with Crippen LogP contribution in [0.1, 0.15) is 34.5 Å². The van der Waals surface area contributed by atoms with Crippen LogP contribution in [0.25, 0.3) is 0 Å². The molecule has 2 nitrogen and oxygen atoms in total. The first-order chi connectivity index (χ1) is 14.9. The summed E-state index contributed by atoms with van der Waals surface area (Å²) in [7, 11) is 0. The van der Waals surface area contributed by atoms with Crippen LogP contribution < -0.4 is 0 Å². The fourth-order valence-electron chi connectivity index (χ4n) is 3.52. The molecule has 0 aliphatic rings. The molecule has 0 radical (unpaired) electrons. The minimum absolute atomic E-state index is 0.225. The highest BCUT2D eigenvalue weighted by atomic mass is 16.5. The Hall–Kier alpha value is -3.20. The van der Waals surface area contributed by atoms with Crippen LogP contribution in [-0.2, 0) is 22.7 Å². The number of ether oxygens (including phenoxy) is 2. The molecule has 150 valence electrons. The minimum atomic E-state index is -0.225. The zero-order valence-corrected chi connectivity index (χ0v) is 16.9. The molecule has 0 N–H and O–H groups in total. The van der Waals surface area contributed by atoms with Crippen LogP contribution in [0.4, 0.5) is 0 Å². The molecule has 4 aromatic rings. The first-order valence-electron chi connectivity index (χ1n) is 10.3. The summed E-state index contributed by atoms with van der Waals surface area (Å²) < 4.78 is 13.0. The third-order valence-corrected chi connectivity index (χ3v) is 5.08. The normalized spacial score (nSPS) is 12.9. The van der Waals surface area contributed by atoms with Gasteiger partial charge in [0.25, 0.3) is 0 Å². The van der Waals surface area contributed by atoms with Gasteiger partial charge in [-0.3, -0.25) is 0 Å². The highest BCUT2D eigenvalue weighted by Crippen LogP contribution is 2.36. The summed E-state index contributed by atoms with van der Waals surface area (Å²) in [5, 5.41) is 0. The van der Waals surface area contributed by atoms with Gasteiger partial charge in [-0.15, -0.1) is 0 Å². The predicted octanol–water partition coefficient (Wildman–Crippen LogP) is 6.90. The lowest BCUT2D eigenvalue weighted by molar-refractivity contribution is -0.0908. The van der Waals surface area contributed by atoms with Crippen LogP contribution in [0.2, 0.25) is 0 Å². The van der Waals surface area contributed by atoms with Gasteiger partial charge in [0.05, 0.1) is 13.2 Å². The van der Waals surface area contributed by atoms with E-state index in [-0.39, 0.29) is 12.2 Å². The fourth-order valence-corrected chi connectivity index (χ4v) is 3.52. The molecule has 0 aliphatic carbocycles. The van der Waals surface area contributed by atoms with Crippen molar-refractivity contribution in [3.8, 4) is 0 Å². The van der Waals surface area contributed by atoms with Gasteiger partial charge in [0.2, 0.25) is 0 Å². The highest BCUT2D eigenvalue weighted by Gasteiger charge is 2.27. The summed E-state index contributed by atoms with van der Waals surface area (Å²) in [5.74, 6) is 0. The maximum Gasteiger partial charge on any atom is 0.113 e. The van der Waals surface area contributed by atoms with E-state index in [4.69, 9.17) is 9.47 Å². The van der Waals surface area contributed by atoms with Crippen molar-refractivity contribution < 1.29 is 9.47 Å². The molecule has 4 aromatic carbocycles. The molecular formula is C28H26O2. The molecule has 0 bridgehead atoms. The predicted molar refractivity (Wildman–Crippen MR) is 121 cm³/mol. The molecule has 2 heteroatoms. The Morgan fingerprint density at radius 1 is 0.400 bits per heavy atom. The van der Waals surface area contributed by atoms with Gasteiger partial charge in [0.1, 0.15) is 12.2 Å². The lowest BCUT2D eigenvalue weighted by atomic mass is 9.97. The van der Waals surface area contributed by atoms with Gasteiger partial charge in [-0.2, -0.15) is 0 Å². The maximum atomic E-state index is 6.49. The van der Waals surface area contributed by atoms with Crippen molar-refractivity contribution in [2.24, 2.45) is 0 Å². The van der Waals surface area contributed by atoms with Crippen LogP contribution in [0, 0.1) is 0 Å². The molecule has 2 unspecified atom stereocenters. The third-order valence-electron chi connectivity index (χ3n) is 5.08. The molecule has 2 atom stereocenters. The SMILES string of the molecule is c1ccc(COC(c2ccccc2)C(OCc2ccccc2)c2ccccc2)cc1. The van der Waals surface area contributed by atoms with Crippen molar-refractivity contribution in [2.45, 2.75) is 25.4 Å². The van der Waals surface area contributed by atoms with Gasteiger partial charge in [-0.1, -0.05) is 121 Å². The summed E-state index contributed by atoms with van der Waals surface area (Å²) in [6.07, 6.45) is -0.449. The summed E-state index contributed by atoms with van der Waals surface area (Å²) >= 11 is 0. The maximum absolute atomic E-state index is 6.49. The van der Waals surface area contributed by atoms with Crippen LogP contribution >= 0.6 is 0 Å². The van der Waals surface area contributed by atoms with Crippen LogP contribution in [0.3, 0.4) is 0 Å². The molecule has 0 saturated carbocycles. The Morgan fingerprint density at radius 2 is 0.700 bits per heavy atom. The van der Waals surface area contributed by atoms with E-state index in [9.17, 15) is 0 Å². The first kappa shape index (κ1) is 20.1. The summed E-state index contributed by atoms with van der Waals surface area (Å²) in [5.41, 5.74) is 4.51. The zero-order chi connectivity index (χ0) is 20.4. The zero-order valence-electron chi connectivity index (χ0n) is 16.9. The lowest BCUT2D eigenvalue weighted by Crippen LogP contribution is -2.18. The molecule has 0 aromatic heterocycles. The monoisotopic (exact) mass is 394 g/mol. The smallest absolute Gasteiger partial charge is 0.113 e. The standard InChI is InChI=1S/C28H26O2/c1-5-13-23(14-6-1)21-29-27(25-17-9-3-10-18-25)28(26-19-11-4-12-20-26)30-22-24-15-7-2-8-16-24/h1-20,27-28H,21-22H2. The number of rotatable bonds is 9. The Bertz CT molecular complexity index is 901. The number of hydrogen-bond acceptors (Lipinski definition) is 2. The van der Waals surface area contributed by atoms with Crippen molar-refractivity contribution in [1.82, 2.24) is 0 Å². The second-order valence-electron chi connectivity index (χ2n) is 7.26. The van der Waals surface area contributed by atoms with E-state index in [0.29, 0.717) is 13.2 Å². The van der Waals surface area contributed by atoms with Gasteiger partial charge < -0.3 is 9.47 Å². The fraction of sp³-hybridized carbons (Fsp3) is 0.143. The Kier molecular flexibility index (Phi) is 7.06. The largest absolute Gasteiger partial charge is 0.366 e. The van der Waals surface area contributed by atoms with E-state index in [1.54, 1.807) is 0 Å². The van der Waals surface area contributed by atoms with Crippen molar-refractivity contribution in [3.05, 3.63) is 144 Å². The average Bonchev–Trinajstić information content (AvgIpc) is 2.83. The Labute approximate surface area is 178 Å². The lowest BCUT2D eigenvalue weighted by Gasteiger charge is -2.29. The molecular weight excluding hydrogens is 368 g/mol. The quantitative estimate of drug-likeness (QED) is 0.307. The summed E-state index contributed by atoms with van der Waals surface area (Å²) in [6, 6.07) is 41.2. The molecule has 0 heterocycles.